The molecule has 21 heavy (non-hydrogen) atoms. The van der Waals surface area contributed by atoms with Crippen LogP contribution in [0.25, 0.3) is 0 Å². The van der Waals surface area contributed by atoms with Crippen molar-refractivity contribution in [2.45, 2.75) is 18.9 Å². The number of fused-ring (bicyclic) bond motifs is 1. The highest BCUT2D eigenvalue weighted by Gasteiger charge is 2.31. The third-order valence-electron chi connectivity index (χ3n) is 4.36. The molecule has 2 heterocycles. The monoisotopic (exact) mass is 353 g/mol. The van der Waals surface area contributed by atoms with Crippen LogP contribution in [0.1, 0.15) is 24.4 Å². The number of aliphatic hydroxyl groups is 1. The van der Waals surface area contributed by atoms with Crippen molar-refractivity contribution in [1.29, 1.82) is 0 Å². The third-order valence-corrected chi connectivity index (χ3v) is 4.99. The van der Waals surface area contributed by atoms with Gasteiger partial charge in [-0.05, 0) is 53.9 Å². The number of nitrogens with zero attached hydrogens (tertiary/aromatic N) is 1. The number of likely N-dealkylation sites (N-methyl/N-ethyl adjacent to an activating group) is 1. The number of carbonyl (C=O) groups is 1. The van der Waals surface area contributed by atoms with E-state index >= 15 is 0 Å². The summed E-state index contributed by atoms with van der Waals surface area (Å²) in [6, 6.07) is 3.78. The molecule has 2 unspecified atom stereocenters. The number of anilines is 2. The predicted molar refractivity (Wildman–Crippen MR) is 86.6 cm³/mol. The van der Waals surface area contributed by atoms with Crippen molar-refractivity contribution in [2.24, 2.45) is 5.92 Å². The highest BCUT2D eigenvalue weighted by Crippen LogP contribution is 2.40. The van der Waals surface area contributed by atoms with Crippen LogP contribution < -0.4 is 15.5 Å². The number of hydrogen-bond acceptors (Lipinski definition) is 4. The van der Waals surface area contributed by atoms with Crippen LogP contribution in [0.3, 0.4) is 0 Å². The van der Waals surface area contributed by atoms with Gasteiger partial charge < -0.3 is 20.6 Å². The van der Waals surface area contributed by atoms with Crippen molar-refractivity contribution in [3.8, 4) is 0 Å². The lowest BCUT2D eigenvalue weighted by molar-refractivity contribution is -0.117. The lowest BCUT2D eigenvalue weighted by atomic mass is 9.98. The number of halogens is 1. The zero-order valence-electron chi connectivity index (χ0n) is 12.0. The Bertz CT molecular complexity index is 564. The minimum Gasteiger partial charge on any atom is -0.396 e. The second-order valence-corrected chi connectivity index (χ2v) is 6.59. The second-order valence-electron chi connectivity index (χ2n) is 5.74. The molecule has 0 saturated carbocycles. The average molecular weight is 354 g/mol. The first-order valence-electron chi connectivity index (χ1n) is 7.31. The highest BCUT2D eigenvalue weighted by molar-refractivity contribution is 9.10. The number of amides is 1. The van der Waals surface area contributed by atoms with Crippen LogP contribution in [-0.2, 0) is 4.79 Å². The number of benzene rings is 1. The summed E-state index contributed by atoms with van der Waals surface area (Å²) in [4.78, 5) is 14.2. The van der Waals surface area contributed by atoms with Gasteiger partial charge in [0.25, 0.3) is 0 Å². The largest absolute Gasteiger partial charge is 0.396 e. The molecule has 0 aromatic heterocycles. The molecule has 0 spiro atoms. The van der Waals surface area contributed by atoms with Gasteiger partial charge in [-0.15, -0.1) is 0 Å². The van der Waals surface area contributed by atoms with E-state index in [0.29, 0.717) is 5.92 Å². The zero-order valence-corrected chi connectivity index (χ0v) is 13.6. The number of hydrogen-bond donors (Lipinski definition) is 3. The Morgan fingerprint density at radius 1 is 1.52 bits per heavy atom. The van der Waals surface area contributed by atoms with E-state index in [1.54, 1.807) is 7.05 Å². The third kappa shape index (κ3) is 2.67. The molecule has 1 saturated heterocycles. The Morgan fingerprint density at radius 2 is 2.33 bits per heavy atom. The molecule has 1 fully saturated rings. The summed E-state index contributed by atoms with van der Waals surface area (Å²) in [6.45, 7) is 2.08. The molecule has 3 rings (SSSR count). The summed E-state index contributed by atoms with van der Waals surface area (Å²) in [5.41, 5.74) is 2.95. The smallest absolute Gasteiger partial charge is 0.246 e. The average Bonchev–Trinajstić information content (AvgIpc) is 2.80. The Labute approximate surface area is 132 Å². The van der Waals surface area contributed by atoms with Crippen molar-refractivity contribution >= 4 is 33.2 Å². The van der Waals surface area contributed by atoms with Crippen LogP contribution in [0.15, 0.2) is 16.6 Å². The van der Waals surface area contributed by atoms with Gasteiger partial charge in [-0.25, -0.2) is 0 Å². The van der Waals surface area contributed by atoms with Gasteiger partial charge in [0.1, 0.15) is 6.04 Å². The number of piperidine rings is 1. The quantitative estimate of drug-likeness (QED) is 0.776. The first-order chi connectivity index (χ1) is 10.1. The molecule has 1 aromatic rings. The highest BCUT2D eigenvalue weighted by atomic mass is 79.9. The molecular formula is C15H20BrN3O2. The lowest BCUT2D eigenvalue weighted by Crippen LogP contribution is -2.37. The van der Waals surface area contributed by atoms with Crippen molar-refractivity contribution in [3.63, 3.8) is 0 Å². The molecule has 0 radical (unpaired) electrons. The molecule has 0 aliphatic carbocycles. The number of rotatable bonds is 3. The Morgan fingerprint density at radius 3 is 3.05 bits per heavy atom. The predicted octanol–water partition coefficient (Wildman–Crippen LogP) is 1.87. The van der Waals surface area contributed by atoms with Crippen LogP contribution >= 0.6 is 15.9 Å². The van der Waals surface area contributed by atoms with Gasteiger partial charge in [-0.3, -0.25) is 4.79 Å². The molecule has 2 atom stereocenters. The van der Waals surface area contributed by atoms with Gasteiger partial charge in [0.2, 0.25) is 5.91 Å². The summed E-state index contributed by atoms with van der Waals surface area (Å²) in [5.74, 6) is 0.321. The maximum Gasteiger partial charge on any atom is 0.246 e. The van der Waals surface area contributed by atoms with Gasteiger partial charge in [0.05, 0.1) is 5.69 Å². The summed E-state index contributed by atoms with van der Waals surface area (Å²) in [6.07, 6.45) is 2.16. The lowest BCUT2D eigenvalue weighted by Gasteiger charge is -2.34. The number of nitrogens with one attached hydrogen (secondary N) is 2. The standard InChI is InChI=1S/C15H20BrN3O2/c1-17-14-10-5-11(16)13(6-12(10)18-15(14)21)19-4-2-3-9(7-19)8-20/h5-6,9,14,17,20H,2-4,7-8H2,1H3,(H,18,21). The van der Waals surface area contributed by atoms with Crippen LogP contribution in [0, 0.1) is 5.92 Å². The molecule has 3 N–H and O–H groups in total. The van der Waals surface area contributed by atoms with Crippen LogP contribution in [0.4, 0.5) is 11.4 Å². The molecule has 0 bridgehead atoms. The zero-order chi connectivity index (χ0) is 15.0. The molecule has 1 aromatic carbocycles. The molecule has 2 aliphatic heterocycles. The fourth-order valence-electron chi connectivity index (χ4n) is 3.23. The van der Waals surface area contributed by atoms with E-state index in [1.807, 2.05) is 12.1 Å². The fourth-order valence-corrected chi connectivity index (χ4v) is 3.84. The van der Waals surface area contributed by atoms with Crippen molar-refractivity contribution in [1.82, 2.24) is 5.32 Å². The molecule has 6 heteroatoms. The summed E-state index contributed by atoms with van der Waals surface area (Å²) < 4.78 is 0.997. The summed E-state index contributed by atoms with van der Waals surface area (Å²) in [5, 5.41) is 15.3. The van der Waals surface area contributed by atoms with E-state index in [1.165, 1.54) is 0 Å². The van der Waals surface area contributed by atoms with Gasteiger partial charge in [0, 0.05) is 35.4 Å². The first-order valence-corrected chi connectivity index (χ1v) is 8.10. The topological polar surface area (TPSA) is 64.6 Å². The van der Waals surface area contributed by atoms with E-state index in [-0.39, 0.29) is 18.6 Å². The van der Waals surface area contributed by atoms with E-state index in [0.717, 1.165) is 47.3 Å². The van der Waals surface area contributed by atoms with E-state index < -0.39 is 0 Å². The summed E-state index contributed by atoms with van der Waals surface area (Å²) in [7, 11) is 1.79. The summed E-state index contributed by atoms with van der Waals surface area (Å²) >= 11 is 3.63. The van der Waals surface area contributed by atoms with Gasteiger partial charge in [-0.2, -0.15) is 0 Å². The minimum absolute atomic E-state index is 0.0107. The first kappa shape index (κ1) is 14.8. The molecule has 2 aliphatic rings. The normalized spacial score (nSPS) is 24.9. The van der Waals surface area contributed by atoms with E-state index in [9.17, 15) is 9.90 Å². The van der Waals surface area contributed by atoms with Gasteiger partial charge in [0.15, 0.2) is 0 Å². The van der Waals surface area contributed by atoms with E-state index in [2.05, 4.69) is 31.5 Å². The maximum atomic E-state index is 11.9. The van der Waals surface area contributed by atoms with Crippen LogP contribution in [-0.4, -0.2) is 37.8 Å². The molecule has 5 nitrogen and oxygen atoms in total. The SMILES string of the molecule is CNC1C(=O)Nc2cc(N3CCCC(CO)C3)c(Br)cc21. The Hall–Kier alpha value is -1.11. The van der Waals surface area contributed by atoms with Crippen LogP contribution in [0.2, 0.25) is 0 Å². The van der Waals surface area contributed by atoms with Crippen LogP contribution in [0.5, 0.6) is 0 Å². The van der Waals surface area contributed by atoms with E-state index in [4.69, 9.17) is 0 Å². The second kappa shape index (κ2) is 5.94. The minimum atomic E-state index is -0.281. The fraction of sp³-hybridized carbons (Fsp3) is 0.533. The van der Waals surface area contributed by atoms with Crippen molar-refractivity contribution in [3.05, 3.63) is 22.2 Å². The molecule has 1 amide bonds. The van der Waals surface area contributed by atoms with Crippen molar-refractivity contribution in [2.75, 3.05) is 37.0 Å². The molecule has 114 valence electrons. The Kier molecular flexibility index (Phi) is 4.19. The number of carbonyl (C=O) groups excluding carboxylic acids is 1. The number of aliphatic hydroxyl groups excluding tert-OH is 1. The molecular weight excluding hydrogens is 334 g/mol. The van der Waals surface area contributed by atoms with Gasteiger partial charge >= 0.3 is 0 Å². The Balaban J connectivity index is 1.91. The maximum absolute atomic E-state index is 11.9. The van der Waals surface area contributed by atoms with Crippen molar-refractivity contribution < 1.29 is 9.90 Å². The van der Waals surface area contributed by atoms with Gasteiger partial charge in [-0.1, -0.05) is 0 Å².